The Morgan fingerprint density at radius 2 is 2.18 bits per heavy atom. The van der Waals surface area contributed by atoms with Gasteiger partial charge in [-0.2, -0.15) is 0 Å². The van der Waals surface area contributed by atoms with E-state index < -0.39 is 11.9 Å². The van der Waals surface area contributed by atoms with Crippen LogP contribution in [0.1, 0.15) is 30.9 Å². The molecule has 3 heteroatoms. The van der Waals surface area contributed by atoms with Gasteiger partial charge >= 0.3 is 5.97 Å². The highest BCUT2D eigenvalue weighted by molar-refractivity contribution is 5.86. The standard InChI is InChI=1S/C14H17NO2/c1-4-15-8-9(2)12-6-5-11(7-13(12)15)10(3)14(16)17/h5-8,10H,4H2,1-3H3,(H,16,17). The summed E-state index contributed by atoms with van der Waals surface area (Å²) >= 11 is 0. The molecule has 0 bridgehead atoms. The summed E-state index contributed by atoms with van der Waals surface area (Å²) in [5.41, 5.74) is 3.21. The average molecular weight is 231 g/mol. The maximum atomic E-state index is 11.0. The molecule has 0 aliphatic heterocycles. The van der Waals surface area contributed by atoms with Gasteiger partial charge in [-0.15, -0.1) is 0 Å². The van der Waals surface area contributed by atoms with Gasteiger partial charge in [-0.05, 0) is 38.0 Å². The number of rotatable bonds is 3. The van der Waals surface area contributed by atoms with Crippen LogP contribution in [0.3, 0.4) is 0 Å². The van der Waals surface area contributed by atoms with Gasteiger partial charge in [-0.25, -0.2) is 0 Å². The molecule has 0 fully saturated rings. The molecule has 0 saturated heterocycles. The molecule has 17 heavy (non-hydrogen) atoms. The topological polar surface area (TPSA) is 42.2 Å². The molecular weight excluding hydrogens is 214 g/mol. The van der Waals surface area contributed by atoms with Gasteiger partial charge in [0.25, 0.3) is 0 Å². The predicted octanol–water partition coefficient (Wildman–Crippen LogP) is 3.16. The van der Waals surface area contributed by atoms with Gasteiger partial charge in [-0.1, -0.05) is 12.1 Å². The van der Waals surface area contributed by atoms with Crippen LogP contribution >= 0.6 is 0 Å². The third-order valence-corrected chi connectivity index (χ3v) is 3.32. The molecule has 3 nitrogen and oxygen atoms in total. The molecule has 0 aliphatic carbocycles. The summed E-state index contributed by atoms with van der Waals surface area (Å²) in [6.07, 6.45) is 2.11. The van der Waals surface area contributed by atoms with Crippen molar-refractivity contribution in [3.63, 3.8) is 0 Å². The first-order chi connectivity index (χ1) is 8.04. The van der Waals surface area contributed by atoms with Crippen LogP contribution in [-0.2, 0) is 11.3 Å². The van der Waals surface area contributed by atoms with Crippen LogP contribution in [0.2, 0.25) is 0 Å². The van der Waals surface area contributed by atoms with Gasteiger partial charge in [0.05, 0.1) is 5.92 Å². The quantitative estimate of drug-likeness (QED) is 0.881. The normalized spacial score (nSPS) is 12.9. The fourth-order valence-corrected chi connectivity index (χ4v) is 2.17. The van der Waals surface area contributed by atoms with Gasteiger partial charge < -0.3 is 9.67 Å². The van der Waals surface area contributed by atoms with Crippen molar-refractivity contribution in [1.29, 1.82) is 0 Å². The monoisotopic (exact) mass is 231 g/mol. The molecule has 90 valence electrons. The fourth-order valence-electron chi connectivity index (χ4n) is 2.17. The van der Waals surface area contributed by atoms with Crippen LogP contribution in [0.25, 0.3) is 10.9 Å². The Labute approximate surface area is 101 Å². The number of aryl methyl sites for hydroxylation is 2. The van der Waals surface area contributed by atoms with E-state index in [1.807, 2.05) is 18.2 Å². The number of hydrogen-bond donors (Lipinski definition) is 1. The Morgan fingerprint density at radius 3 is 2.76 bits per heavy atom. The highest BCUT2D eigenvalue weighted by Gasteiger charge is 2.15. The minimum absolute atomic E-state index is 0.458. The van der Waals surface area contributed by atoms with Crippen molar-refractivity contribution >= 4 is 16.9 Å². The Morgan fingerprint density at radius 1 is 1.47 bits per heavy atom. The molecule has 1 N–H and O–H groups in total. The van der Waals surface area contributed by atoms with Crippen molar-refractivity contribution < 1.29 is 9.90 Å². The Bertz CT molecular complexity index is 569. The molecule has 1 aromatic heterocycles. The lowest BCUT2D eigenvalue weighted by Crippen LogP contribution is -2.07. The van der Waals surface area contributed by atoms with Crippen molar-refractivity contribution in [2.24, 2.45) is 0 Å². The van der Waals surface area contributed by atoms with Gasteiger partial charge in [0.2, 0.25) is 0 Å². The third-order valence-electron chi connectivity index (χ3n) is 3.32. The summed E-state index contributed by atoms with van der Waals surface area (Å²) < 4.78 is 2.16. The zero-order valence-corrected chi connectivity index (χ0v) is 10.4. The van der Waals surface area contributed by atoms with E-state index in [-0.39, 0.29) is 0 Å². The molecule has 1 atom stereocenters. The van der Waals surface area contributed by atoms with E-state index in [1.54, 1.807) is 6.92 Å². The van der Waals surface area contributed by atoms with Crippen molar-refractivity contribution in [3.05, 3.63) is 35.5 Å². The SMILES string of the molecule is CCn1cc(C)c2ccc(C(C)C(=O)O)cc21. The highest BCUT2D eigenvalue weighted by atomic mass is 16.4. The molecule has 0 aliphatic rings. The van der Waals surface area contributed by atoms with Crippen molar-refractivity contribution in [2.45, 2.75) is 33.2 Å². The molecule has 0 saturated carbocycles. The fraction of sp³-hybridized carbons (Fsp3) is 0.357. The Kier molecular flexibility index (Phi) is 2.92. The maximum absolute atomic E-state index is 11.0. The summed E-state index contributed by atoms with van der Waals surface area (Å²) in [6, 6.07) is 5.92. The first kappa shape index (κ1) is 11.7. The lowest BCUT2D eigenvalue weighted by Gasteiger charge is -2.08. The second-order valence-electron chi connectivity index (χ2n) is 4.43. The molecule has 2 aromatic rings. The van der Waals surface area contributed by atoms with Crippen LogP contribution in [0.15, 0.2) is 24.4 Å². The summed E-state index contributed by atoms with van der Waals surface area (Å²) in [6.45, 7) is 6.78. The van der Waals surface area contributed by atoms with Gasteiger partial charge in [0.15, 0.2) is 0 Å². The van der Waals surface area contributed by atoms with Gasteiger partial charge in [-0.3, -0.25) is 4.79 Å². The Hall–Kier alpha value is -1.77. The molecule has 0 amide bonds. The van der Waals surface area contributed by atoms with E-state index in [4.69, 9.17) is 5.11 Å². The van der Waals surface area contributed by atoms with Gasteiger partial charge in [0, 0.05) is 23.6 Å². The van der Waals surface area contributed by atoms with E-state index in [0.29, 0.717) is 0 Å². The minimum atomic E-state index is -0.782. The number of hydrogen-bond acceptors (Lipinski definition) is 1. The number of carboxylic acids is 1. The summed E-state index contributed by atoms with van der Waals surface area (Å²) in [7, 11) is 0. The number of benzene rings is 1. The zero-order valence-electron chi connectivity index (χ0n) is 10.4. The molecule has 0 spiro atoms. The van der Waals surface area contributed by atoms with Crippen molar-refractivity contribution in [1.82, 2.24) is 4.57 Å². The number of nitrogens with zero attached hydrogens (tertiary/aromatic N) is 1. The lowest BCUT2D eigenvalue weighted by atomic mass is 10.00. The Balaban J connectivity index is 2.60. The van der Waals surface area contributed by atoms with E-state index in [1.165, 1.54) is 10.9 Å². The van der Waals surface area contributed by atoms with Crippen LogP contribution in [0.4, 0.5) is 0 Å². The van der Waals surface area contributed by atoms with Crippen LogP contribution in [0.5, 0.6) is 0 Å². The van der Waals surface area contributed by atoms with Crippen molar-refractivity contribution in [2.75, 3.05) is 0 Å². The number of carboxylic acid groups (broad SMARTS) is 1. The molecule has 1 aromatic carbocycles. The van der Waals surface area contributed by atoms with Crippen LogP contribution in [0, 0.1) is 6.92 Å². The molecule has 0 radical (unpaired) electrons. The van der Waals surface area contributed by atoms with Crippen molar-refractivity contribution in [3.8, 4) is 0 Å². The highest BCUT2D eigenvalue weighted by Crippen LogP contribution is 2.25. The first-order valence-corrected chi connectivity index (χ1v) is 5.86. The number of carbonyl (C=O) groups is 1. The molecular formula is C14H17NO2. The van der Waals surface area contributed by atoms with E-state index >= 15 is 0 Å². The first-order valence-electron chi connectivity index (χ1n) is 5.86. The lowest BCUT2D eigenvalue weighted by molar-refractivity contribution is -0.138. The van der Waals surface area contributed by atoms with E-state index in [0.717, 1.165) is 17.6 Å². The third kappa shape index (κ3) is 1.93. The van der Waals surface area contributed by atoms with E-state index in [2.05, 4.69) is 24.6 Å². The molecule has 1 heterocycles. The summed E-state index contributed by atoms with van der Waals surface area (Å²) in [5.74, 6) is -1.24. The zero-order chi connectivity index (χ0) is 12.6. The molecule has 2 rings (SSSR count). The average Bonchev–Trinajstić information content (AvgIpc) is 2.64. The number of fused-ring (bicyclic) bond motifs is 1. The second-order valence-corrected chi connectivity index (χ2v) is 4.43. The minimum Gasteiger partial charge on any atom is -0.481 e. The van der Waals surface area contributed by atoms with E-state index in [9.17, 15) is 4.79 Å². The second kappa shape index (κ2) is 4.24. The summed E-state index contributed by atoms with van der Waals surface area (Å²) in [5, 5.41) is 10.2. The number of aliphatic carboxylic acids is 1. The smallest absolute Gasteiger partial charge is 0.310 e. The largest absolute Gasteiger partial charge is 0.481 e. The predicted molar refractivity (Wildman–Crippen MR) is 68.4 cm³/mol. The number of aromatic nitrogens is 1. The van der Waals surface area contributed by atoms with Crippen LogP contribution < -0.4 is 0 Å². The van der Waals surface area contributed by atoms with Gasteiger partial charge in [0.1, 0.15) is 0 Å². The summed E-state index contributed by atoms with van der Waals surface area (Å²) in [4.78, 5) is 11.0. The van der Waals surface area contributed by atoms with Crippen LogP contribution in [-0.4, -0.2) is 15.6 Å². The molecule has 1 unspecified atom stereocenters. The maximum Gasteiger partial charge on any atom is 0.310 e.